The van der Waals surface area contributed by atoms with E-state index < -0.39 is 5.82 Å². The molecule has 1 heterocycles. The number of hydrogen-bond donors (Lipinski definition) is 1. The predicted octanol–water partition coefficient (Wildman–Crippen LogP) is 3.40. The van der Waals surface area contributed by atoms with E-state index in [1.807, 2.05) is 18.4 Å². The maximum atomic E-state index is 13.5. The van der Waals surface area contributed by atoms with Gasteiger partial charge in [0.25, 0.3) is 0 Å². The van der Waals surface area contributed by atoms with Gasteiger partial charge in [0.05, 0.1) is 6.61 Å². The van der Waals surface area contributed by atoms with Gasteiger partial charge >= 0.3 is 0 Å². The largest absolute Gasteiger partial charge is 0.490 e. The number of hydrogen-bond acceptors (Lipinski definition) is 3. The van der Waals surface area contributed by atoms with E-state index in [1.54, 1.807) is 17.4 Å². The number of nitrogen functional groups attached to an aromatic ring is 1. The van der Waals surface area contributed by atoms with Crippen LogP contribution in [0.25, 0.3) is 0 Å². The Labute approximate surface area is 104 Å². The fourth-order valence-corrected chi connectivity index (χ4v) is 2.20. The van der Waals surface area contributed by atoms with Crippen LogP contribution in [-0.2, 0) is 6.42 Å². The van der Waals surface area contributed by atoms with Crippen LogP contribution in [0.1, 0.15) is 11.1 Å². The highest BCUT2D eigenvalue weighted by Gasteiger charge is 2.06. The zero-order valence-corrected chi connectivity index (χ0v) is 10.4. The van der Waals surface area contributed by atoms with Crippen molar-refractivity contribution in [2.75, 3.05) is 12.3 Å². The van der Waals surface area contributed by atoms with E-state index in [-0.39, 0.29) is 5.75 Å². The Balaban J connectivity index is 1.97. The van der Waals surface area contributed by atoms with Gasteiger partial charge in [0, 0.05) is 18.2 Å². The van der Waals surface area contributed by atoms with E-state index in [0.717, 1.165) is 12.0 Å². The summed E-state index contributed by atoms with van der Waals surface area (Å²) in [5, 5.41) is 4.08. The summed E-state index contributed by atoms with van der Waals surface area (Å²) in [6.07, 6.45) is 0.784. The minimum absolute atomic E-state index is 0.270. The summed E-state index contributed by atoms with van der Waals surface area (Å²) in [4.78, 5) is 0. The molecule has 0 aliphatic heterocycles. The molecular weight excluding hydrogens is 237 g/mol. The van der Waals surface area contributed by atoms with Gasteiger partial charge in [-0.2, -0.15) is 11.3 Å². The lowest BCUT2D eigenvalue weighted by Crippen LogP contribution is -2.03. The molecule has 17 heavy (non-hydrogen) atoms. The first-order valence-electron chi connectivity index (χ1n) is 5.36. The third-order valence-electron chi connectivity index (χ3n) is 2.55. The standard InChI is InChI=1S/C13H14FNOS/c1-9-6-13(11(14)7-12(9)15)16-4-2-10-3-5-17-8-10/h3,5-8H,2,4,15H2,1H3. The molecule has 0 atom stereocenters. The summed E-state index contributed by atoms with van der Waals surface area (Å²) in [5.41, 5.74) is 8.09. The number of halogens is 1. The van der Waals surface area contributed by atoms with Crippen LogP contribution in [0, 0.1) is 12.7 Å². The zero-order chi connectivity index (χ0) is 12.3. The molecule has 0 unspecified atom stereocenters. The van der Waals surface area contributed by atoms with Crippen molar-refractivity contribution in [3.63, 3.8) is 0 Å². The second-order valence-corrected chi connectivity index (χ2v) is 4.65. The summed E-state index contributed by atoms with van der Waals surface area (Å²) in [7, 11) is 0. The highest BCUT2D eigenvalue weighted by molar-refractivity contribution is 7.07. The lowest BCUT2D eigenvalue weighted by Gasteiger charge is -2.09. The number of anilines is 1. The molecule has 90 valence electrons. The van der Waals surface area contributed by atoms with Crippen molar-refractivity contribution < 1.29 is 9.13 Å². The maximum absolute atomic E-state index is 13.5. The Kier molecular flexibility index (Phi) is 3.64. The highest BCUT2D eigenvalue weighted by Crippen LogP contribution is 2.23. The van der Waals surface area contributed by atoms with Crippen molar-refractivity contribution in [3.05, 3.63) is 45.9 Å². The van der Waals surface area contributed by atoms with Crippen LogP contribution in [0.15, 0.2) is 29.0 Å². The van der Waals surface area contributed by atoms with E-state index in [4.69, 9.17) is 10.5 Å². The summed E-state index contributed by atoms with van der Waals surface area (Å²) < 4.78 is 18.9. The second-order valence-electron chi connectivity index (χ2n) is 3.87. The van der Waals surface area contributed by atoms with Crippen LogP contribution < -0.4 is 10.5 Å². The molecule has 1 aromatic carbocycles. The number of nitrogens with two attached hydrogens (primary N) is 1. The summed E-state index contributed by atoms with van der Waals surface area (Å²) in [6.45, 7) is 2.30. The zero-order valence-electron chi connectivity index (χ0n) is 9.57. The molecule has 0 radical (unpaired) electrons. The maximum Gasteiger partial charge on any atom is 0.167 e. The third kappa shape index (κ3) is 2.97. The SMILES string of the molecule is Cc1cc(OCCc2ccsc2)c(F)cc1N. The van der Waals surface area contributed by atoms with E-state index in [9.17, 15) is 4.39 Å². The van der Waals surface area contributed by atoms with Crippen LogP contribution in [0.5, 0.6) is 5.75 Å². The predicted molar refractivity (Wildman–Crippen MR) is 69.1 cm³/mol. The molecule has 0 fully saturated rings. The Morgan fingerprint density at radius 3 is 2.94 bits per heavy atom. The van der Waals surface area contributed by atoms with Gasteiger partial charge in [-0.1, -0.05) is 0 Å². The Bertz CT molecular complexity index is 496. The summed E-state index contributed by atoms with van der Waals surface area (Å²) >= 11 is 1.65. The average molecular weight is 251 g/mol. The molecule has 1 aromatic heterocycles. The number of thiophene rings is 1. The minimum atomic E-state index is -0.404. The molecule has 0 aliphatic rings. The van der Waals surface area contributed by atoms with Gasteiger partial charge in [0.1, 0.15) is 0 Å². The van der Waals surface area contributed by atoms with Crippen molar-refractivity contribution in [3.8, 4) is 5.75 Å². The lowest BCUT2D eigenvalue weighted by molar-refractivity contribution is 0.305. The molecule has 0 saturated carbocycles. The van der Waals surface area contributed by atoms with E-state index in [1.165, 1.54) is 11.6 Å². The molecule has 0 saturated heterocycles. The van der Waals surface area contributed by atoms with E-state index >= 15 is 0 Å². The topological polar surface area (TPSA) is 35.2 Å². The van der Waals surface area contributed by atoms with Crippen LogP contribution in [0.3, 0.4) is 0 Å². The van der Waals surface area contributed by atoms with Gasteiger partial charge in [-0.3, -0.25) is 0 Å². The van der Waals surface area contributed by atoms with Gasteiger partial charge in [-0.25, -0.2) is 4.39 Å². The molecule has 2 N–H and O–H groups in total. The highest BCUT2D eigenvalue weighted by atomic mass is 32.1. The van der Waals surface area contributed by atoms with Gasteiger partial charge in [0.15, 0.2) is 11.6 Å². The molecular formula is C13H14FNOS. The van der Waals surface area contributed by atoms with Crippen molar-refractivity contribution in [2.45, 2.75) is 13.3 Å². The average Bonchev–Trinajstić information content (AvgIpc) is 2.78. The Morgan fingerprint density at radius 2 is 2.24 bits per heavy atom. The number of benzene rings is 1. The van der Waals surface area contributed by atoms with Crippen molar-refractivity contribution >= 4 is 17.0 Å². The van der Waals surface area contributed by atoms with Crippen LogP contribution in [0.4, 0.5) is 10.1 Å². The van der Waals surface area contributed by atoms with Crippen molar-refractivity contribution in [1.29, 1.82) is 0 Å². The van der Waals surface area contributed by atoms with E-state index in [0.29, 0.717) is 12.3 Å². The third-order valence-corrected chi connectivity index (χ3v) is 3.28. The summed E-state index contributed by atoms with van der Waals surface area (Å²) in [5.74, 6) is -0.134. The Morgan fingerprint density at radius 1 is 1.41 bits per heavy atom. The smallest absolute Gasteiger partial charge is 0.167 e. The number of rotatable bonds is 4. The van der Waals surface area contributed by atoms with Gasteiger partial charge < -0.3 is 10.5 Å². The minimum Gasteiger partial charge on any atom is -0.490 e. The van der Waals surface area contributed by atoms with E-state index in [2.05, 4.69) is 5.38 Å². The first kappa shape index (κ1) is 11.9. The fraction of sp³-hybridized carbons (Fsp3) is 0.231. The van der Waals surface area contributed by atoms with Crippen molar-refractivity contribution in [1.82, 2.24) is 0 Å². The molecule has 0 bridgehead atoms. The van der Waals surface area contributed by atoms with Gasteiger partial charge in [-0.15, -0.1) is 0 Å². The first-order chi connectivity index (χ1) is 8.16. The normalized spacial score (nSPS) is 10.5. The Hall–Kier alpha value is -1.55. The second kappa shape index (κ2) is 5.19. The molecule has 0 amide bonds. The molecule has 0 aliphatic carbocycles. The number of aryl methyl sites for hydroxylation is 1. The van der Waals surface area contributed by atoms with Gasteiger partial charge in [-0.05, 0) is 40.9 Å². The lowest BCUT2D eigenvalue weighted by atomic mass is 10.2. The fourth-order valence-electron chi connectivity index (χ4n) is 1.49. The summed E-state index contributed by atoms with van der Waals surface area (Å²) in [6, 6.07) is 4.98. The molecule has 2 nitrogen and oxygen atoms in total. The van der Waals surface area contributed by atoms with Crippen LogP contribution >= 0.6 is 11.3 Å². The quantitative estimate of drug-likeness (QED) is 0.845. The van der Waals surface area contributed by atoms with Gasteiger partial charge in [0.2, 0.25) is 0 Å². The monoisotopic (exact) mass is 251 g/mol. The van der Waals surface area contributed by atoms with Crippen LogP contribution in [-0.4, -0.2) is 6.61 Å². The van der Waals surface area contributed by atoms with Crippen molar-refractivity contribution in [2.24, 2.45) is 0 Å². The van der Waals surface area contributed by atoms with Crippen LogP contribution in [0.2, 0.25) is 0 Å². The molecule has 2 aromatic rings. The number of ether oxygens (including phenoxy) is 1. The molecule has 2 rings (SSSR count). The molecule has 0 spiro atoms. The molecule has 4 heteroatoms. The first-order valence-corrected chi connectivity index (χ1v) is 6.30.